The van der Waals surface area contributed by atoms with Crippen LogP contribution in [0.3, 0.4) is 0 Å². The molecule has 0 bridgehead atoms. The number of carbonyl (C=O) groups is 2. The zero-order valence-electron chi connectivity index (χ0n) is 12.8. The Kier molecular flexibility index (Phi) is 6.72. The second-order valence-corrected chi connectivity index (χ2v) is 4.98. The molecule has 0 aliphatic carbocycles. The quantitative estimate of drug-likeness (QED) is 0.798. The molecule has 1 unspecified atom stereocenters. The standard InChI is InChI=1S/C16H23NO4/c1-4-17(11-12(2)16(19)20)15(18)10-9-13-7-5-6-8-14(13)21-3/h5-8,12H,4,9-11H2,1-3H3,(H,19,20). The fourth-order valence-electron chi connectivity index (χ4n) is 2.13. The molecule has 1 aromatic rings. The van der Waals surface area contributed by atoms with Gasteiger partial charge in [-0.25, -0.2) is 0 Å². The van der Waals surface area contributed by atoms with Gasteiger partial charge in [0, 0.05) is 19.5 Å². The van der Waals surface area contributed by atoms with Crippen molar-refractivity contribution in [3.8, 4) is 5.75 Å². The molecule has 0 aliphatic heterocycles. The summed E-state index contributed by atoms with van der Waals surface area (Å²) in [7, 11) is 1.60. The Balaban J connectivity index is 2.60. The largest absolute Gasteiger partial charge is 0.496 e. The van der Waals surface area contributed by atoms with Crippen molar-refractivity contribution in [2.45, 2.75) is 26.7 Å². The highest BCUT2D eigenvalue weighted by Gasteiger charge is 2.19. The number of carbonyl (C=O) groups excluding carboxylic acids is 1. The average molecular weight is 293 g/mol. The SMILES string of the molecule is CCN(CC(C)C(=O)O)C(=O)CCc1ccccc1OC. The summed E-state index contributed by atoms with van der Waals surface area (Å²) < 4.78 is 5.26. The fraction of sp³-hybridized carbons (Fsp3) is 0.500. The van der Waals surface area contributed by atoms with Crippen LogP contribution in [-0.4, -0.2) is 42.1 Å². The van der Waals surface area contributed by atoms with Crippen LogP contribution in [0.1, 0.15) is 25.8 Å². The smallest absolute Gasteiger partial charge is 0.308 e. The molecule has 0 saturated heterocycles. The number of hydrogen-bond acceptors (Lipinski definition) is 3. The molecule has 0 aliphatic rings. The molecule has 116 valence electrons. The summed E-state index contributed by atoms with van der Waals surface area (Å²) in [6, 6.07) is 7.59. The predicted octanol–water partition coefficient (Wildman–Crippen LogP) is 2.20. The van der Waals surface area contributed by atoms with Crippen LogP contribution in [0.25, 0.3) is 0 Å². The first-order valence-electron chi connectivity index (χ1n) is 7.12. The number of carboxylic acid groups (broad SMARTS) is 1. The molecular formula is C16H23NO4. The summed E-state index contributed by atoms with van der Waals surface area (Å²) in [5, 5.41) is 8.93. The highest BCUT2D eigenvalue weighted by Crippen LogP contribution is 2.19. The van der Waals surface area contributed by atoms with Gasteiger partial charge in [-0.15, -0.1) is 0 Å². The highest BCUT2D eigenvalue weighted by atomic mass is 16.5. The van der Waals surface area contributed by atoms with Gasteiger partial charge in [0.1, 0.15) is 5.75 Å². The van der Waals surface area contributed by atoms with Crippen molar-refractivity contribution in [2.24, 2.45) is 5.92 Å². The van der Waals surface area contributed by atoms with E-state index in [4.69, 9.17) is 9.84 Å². The molecule has 0 heterocycles. The number of para-hydroxylation sites is 1. The maximum absolute atomic E-state index is 12.2. The first-order valence-corrected chi connectivity index (χ1v) is 7.12. The number of aliphatic carboxylic acids is 1. The predicted molar refractivity (Wildman–Crippen MR) is 80.4 cm³/mol. The monoisotopic (exact) mass is 293 g/mol. The van der Waals surface area contributed by atoms with Gasteiger partial charge in [-0.1, -0.05) is 25.1 Å². The average Bonchev–Trinajstić information content (AvgIpc) is 2.49. The Morgan fingerprint density at radius 2 is 2.00 bits per heavy atom. The number of methoxy groups -OCH3 is 1. The van der Waals surface area contributed by atoms with Crippen LogP contribution in [0.5, 0.6) is 5.75 Å². The summed E-state index contributed by atoms with van der Waals surface area (Å²) in [4.78, 5) is 24.7. The van der Waals surface area contributed by atoms with E-state index in [0.29, 0.717) is 19.4 Å². The van der Waals surface area contributed by atoms with Crippen LogP contribution in [0.2, 0.25) is 0 Å². The molecule has 1 rings (SSSR count). The second kappa shape index (κ2) is 8.29. The maximum Gasteiger partial charge on any atom is 0.308 e. The number of carboxylic acids is 1. The molecule has 5 heteroatoms. The Hall–Kier alpha value is -2.04. The molecule has 0 radical (unpaired) electrons. The number of benzene rings is 1. The molecule has 0 fully saturated rings. The van der Waals surface area contributed by atoms with Gasteiger partial charge in [-0.2, -0.15) is 0 Å². The van der Waals surface area contributed by atoms with Gasteiger partial charge >= 0.3 is 5.97 Å². The van der Waals surface area contributed by atoms with E-state index in [2.05, 4.69) is 0 Å². The third-order valence-electron chi connectivity index (χ3n) is 3.45. The van der Waals surface area contributed by atoms with Crippen molar-refractivity contribution in [2.75, 3.05) is 20.2 Å². The Labute approximate surface area is 125 Å². The summed E-state index contributed by atoms with van der Waals surface area (Å²) in [5.41, 5.74) is 0.982. The van der Waals surface area contributed by atoms with Crippen molar-refractivity contribution >= 4 is 11.9 Å². The molecule has 1 atom stereocenters. The second-order valence-electron chi connectivity index (χ2n) is 4.98. The molecule has 21 heavy (non-hydrogen) atoms. The highest BCUT2D eigenvalue weighted by molar-refractivity contribution is 5.77. The van der Waals surface area contributed by atoms with E-state index in [0.717, 1.165) is 11.3 Å². The van der Waals surface area contributed by atoms with Crippen LogP contribution >= 0.6 is 0 Å². The summed E-state index contributed by atoms with van der Waals surface area (Å²) in [5.74, 6) is -0.699. The van der Waals surface area contributed by atoms with Crippen molar-refractivity contribution in [3.63, 3.8) is 0 Å². The first kappa shape index (κ1) is 17.0. The molecule has 0 spiro atoms. The summed E-state index contributed by atoms with van der Waals surface area (Å²) in [6.07, 6.45) is 0.932. The lowest BCUT2D eigenvalue weighted by molar-refractivity contribution is -0.143. The minimum absolute atomic E-state index is 0.0310. The number of amides is 1. The normalized spacial score (nSPS) is 11.8. The fourth-order valence-corrected chi connectivity index (χ4v) is 2.13. The number of nitrogens with zero attached hydrogens (tertiary/aromatic N) is 1. The number of rotatable bonds is 8. The van der Waals surface area contributed by atoms with Crippen molar-refractivity contribution in [1.82, 2.24) is 4.90 Å². The zero-order chi connectivity index (χ0) is 15.8. The topological polar surface area (TPSA) is 66.8 Å². The molecular weight excluding hydrogens is 270 g/mol. The van der Waals surface area contributed by atoms with Gasteiger partial charge < -0.3 is 14.7 Å². The molecule has 1 N–H and O–H groups in total. The van der Waals surface area contributed by atoms with Crippen LogP contribution in [0.15, 0.2) is 24.3 Å². The van der Waals surface area contributed by atoms with E-state index in [1.807, 2.05) is 31.2 Å². The number of hydrogen-bond donors (Lipinski definition) is 1. The molecule has 5 nitrogen and oxygen atoms in total. The van der Waals surface area contributed by atoms with Gasteiger partial charge in [0.15, 0.2) is 0 Å². The van der Waals surface area contributed by atoms with Crippen molar-refractivity contribution < 1.29 is 19.4 Å². The lowest BCUT2D eigenvalue weighted by Crippen LogP contribution is -2.36. The van der Waals surface area contributed by atoms with Gasteiger partial charge in [0.2, 0.25) is 5.91 Å². The lowest BCUT2D eigenvalue weighted by atomic mass is 10.1. The van der Waals surface area contributed by atoms with Crippen molar-refractivity contribution in [1.29, 1.82) is 0 Å². The maximum atomic E-state index is 12.2. The third kappa shape index (κ3) is 5.10. The molecule has 1 aromatic carbocycles. The Morgan fingerprint density at radius 1 is 1.33 bits per heavy atom. The molecule has 0 saturated carbocycles. The van der Waals surface area contributed by atoms with E-state index in [-0.39, 0.29) is 12.5 Å². The first-order chi connectivity index (χ1) is 9.99. The van der Waals surface area contributed by atoms with E-state index >= 15 is 0 Å². The Bertz CT molecular complexity index is 487. The minimum Gasteiger partial charge on any atom is -0.496 e. The van der Waals surface area contributed by atoms with Gasteiger partial charge in [0.05, 0.1) is 13.0 Å². The van der Waals surface area contributed by atoms with Gasteiger partial charge in [-0.05, 0) is 25.0 Å². The van der Waals surface area contributed by atoms with Crippen LogP contribution in [0, 0.1) is 5.92 Å². The summed E-state index contributed by atoms with van der Waals surface area (Å²) in [6.45, 7) is 4.23. The van der Waals surface area contributed by atoms with E-state index in [9.17, 15) is 9.59 Å². The van der Waals surface area contributed by atoms with Crippen LogP contribution in [0.4, 0.5) is 0 Å². The zero-order valence-corrected chi connectivity index (χ0v) is 12.8. The molecule has 1 amide bonds. The number of aryl methyl sites for hydroxylation is 1. The minimum atomic E-state index is -0.883. The van der Waals surface area contributed by atoms with Crippen LogP contribution < -0.4 is 4.74 Å². The molecule has 0 aromatic heterocycles. The van der Waals surface area contributed by atoms with Crippen molar-refractivity contribution in [3.05, 3.63) is 29.8 Å². The van der Waals surface area contributed by atoms with E-state index in [1.54, 1.807) is 18.9 Å². The van der Waals surface area contributed by atoms with Crippen LogP contribution in [-0.2, 0) is 16.0 Å². The Morgan fingerprint density at radius 3 is 2.57 bits per heavy atom. The lowest BCUT2D eigenvalue weighted by Gasteiger charge is -2.23. The number of ether oxygens (including phenoxy) is 1. The van der Waals surface area contributed by atoms with Gasteiger partial charge in [0.25, 0.3) is 0 Å². The summed E-state index contributed by atoms with van der Waals surface area (Å²) >= 11 is 0. The third-order valence-corrected chi connectivity index (χ3v) is 3.45. The van der Waals surface area contributed by atoms with Gasteiger partial charge in [-0.3, -0.25) is 9.59 Å². The van der Waals surface area contributed by atoms with E-state index in [1.165, 1.54) is 0 Å². The van der Waals surface area contributed by atoms with E-state index < -0.39 is 11.9 Å².